The van der Waals surface area contributed by atoms with Gasteiger partial charge < -0.3 is 10.1 Å². The molecule has 0 saturated carbocycles. The zero-order chi connectivity index (χ0) is 21.0. The highest BCUT2D eigenvalue weighted by molar-refractivity contribution is 7.15. The summed E-state index contributed by atoms with van der Waals surface area (Å²) < 4.78 is 6.16. The number of anilines is 1. The molecule has 0 radical (unpaired) electrons. The Morgan fingerprint density at radius 3 is 2.76 bits per heavy atom. The Labute approximate surface area is 171 Å². The van der Waals surface area contributed by atoms with Crippen LogP contribution in [0.15, 0.2) is 34.4 Å². The molecule has 0 aliphatic heterocycles. The standard InChI is InChI=1S/C20H22N4O4S/c1-4-28-20(27)17-13(9-12(2)3)11-29-18(17)21-16(25)10-24-19(26)14-7-5-6-8-15(14)22-23-24/h5-8,11-12H,4,9-10H2,1-3H3,(H,21,25). The fourth-order valence-corrected chi connectivity index (χ4v) is 3.91. The molecule has 0 spiro atoms. The summed E-state index contributed by atoms with van der Waals surface area (Å²) in [6, 6.07) is 6.80. The molecule has 152 valence electrons. The molecule has 3 rings (SSSR count). The normalized spacial score (nSPS) is 11.0. The Bertz CT molecular complexity index is 1100. The summed E-state index contributed by atoms with van der Waals surface area (Å²) in [5.74, 6) is -0.602. The maximum Gasteiger partial charge on any atom is 0.341 e. The minimum atomic E-state index is -0.472. The van der Waals surface area contributed by atoms with Crippen molar-refractivity contribution in [1.82, 2.24) is 15.0 Å². The van der Waals surface area contributed by atoms with Crippen LogP contribution in [0.5, 0.6) is 0 Å². The minimum Gasteiger partial charge on any atom is -0.462 e. The molecule has 1 amide bonds. The van der Waals surface area contributed by atoms with Gasteiger partial charge in [0.1, 0.15) is 17.1 Å². The molecule has 29 heavy (non-hydrogen) atoms. The summed E-state index contributed by atoms with van der Waals surface area (Å²) in [6.07, 6.45) is 0.691. The molecule has 8 nitrogen and oxygen atoms in total. The van der Waals surface area contributed by atoms with Crippen LogP contribution in [-0.4, -0.2) is 33.5 Å². The number of hydrogen-bond acceptors (Lipinski definition) is 7. The Hall–Kier alpha value is -3.07. The number of esters is 1. The first kappa shape index (κ1) is 20.7. The van der Waals surface area contributed by atoms with E-state index in [4.69, 9.17) is 4.74 Å². The quantitative estimate of drug-likeness (QED) is 0.596. The summed E-state index contributed by atoms with van der Waals surface area (Å²) in [6.45, 7) is 5.77. The average Bonchev–Trinajstić information content (AvgIpc) is 3.05. The molecule has 2 heterocycles. The van der Waals surface area contributed by atoms with Crippen LogP contribution in [0.3, 0.4) is 0 Å². The summed E-state index contributed by atoms with van der Waals surface area (Å²) in [7, 11) is 0. The molecule has 0 fully saturated rings. The average molecular weight is 414 g/mol. The minimum absolute atomic E-state index is 0.241. The Balaban J connectivity index is 1.84. The molecule has 2 aromatic heterocycles. The van der Waals surface area contributed by atoms with Crippen LogP contribution < -0.4 is 10.9 Å². The van der Waals surface area contributed by atoms with E-state index in [1.165, 1.54) is 11.3 Å². The summed E-state index contributed by atoms with van der Waals surface area (Å²) in [4.78, 5) is 37.5. The molecule has 0 saturated heterocycles. The monoisotopic (exact) mass is 414 g/mol. The third kappa shape index (κ3) is 4.68. The van der Waals surface area contributed by atoms with Gasteiger partial charge in [0.2, 0.25) is 5.91 Å². The Kier molecular flexibility index (Phi) is 6.38. The van der Waals surface area contributed by atoms with E-state index in [0.717, 1.165) is 10.2 Å². The van der Waals surface area contributed by atoms with E-state index in [9.17, 15) is 14.4 Å². The third-order valence-electron chi connectivity index (χ3n) is 4.15. The van der Waals surface area contributed by atoms with E-state index < -0.39 is 17.4 Å². The number of fused-ring (bicyclic) bond motifs is 1. The summed E-state index contributed by atoms with van der Waals surface area (Å²) >= 11 is 1.26. The first-order valence-corrected chi connectivity index (χ1v) is 10.2. The van der Waals surface area contributed by atoms with Gasteiger partial charge in [-0.2, -0.15) is 0 Å². The Morgan fingerprint density at radius 2 is 2.03 bits per heavy atom. The molecular weight excluding hydrogens is 392 g/mol. The van der Waals surface area contributed by atoms with E-state index in [1.807, 2.05) is 5.38 Å². The van der Waals surface area contributed by atoms with E-state index >= 15 is 0 Å². The first-order valence-electron chi connectivity index (χ1n) is 9.30. The lowest BCUT2D eigenvalue weighted by atomic mass is 10.0. The highest BCUT2D eigenvalue weighted by Crippen LogP contribution is 2.31. The van der Waals surface area contributed by atoms with Crippen molar-refractivity contribution < 1.29 is 14.3 Å². The van der Waals surface area contributed by atoms with Crippen molar-refractivity contribution in [2.75, 3.05) is 11.9 Å². The van der Waals surface area contributed by atoms with Gasteiger partial charge in [-0.3, -0.25) is 9.59 Å². The second kappa shape index (κ2) is 8.95. The van der Waals surface area contributed by atoms with Crippen LogP contribution in [-0.2, 0) is 22.5 Å². The number of nitrogens with zero attached hydrogens (tertiary/aromatic N) is 3. The van der Waals surface area contributed by atoms with Crippen molar-refractivity contribution in [3.05, 3.63) is 51.1 Å². The number of aromatic nitrogens is 3. The van der Waals surface area contributed by atoms with Crippen molar-refractivity contribution in [3.8, 4) is 0 Å². The molecule has 3 aromatic rings. The third-order valence-corrected chi connectivity index (χ3v) is 5.09. The maximum absolute atomic E-state index is 12.6. The van der Waals surface area contributed by atoms with Gasteiger partial charge in [0.25, 0.3) is 5.56 Å². The smallest absolute Gasteiger partial charge is 0.341 e. The van der Waals surface area contributed by atoms with E-state index in [1.54, 1.807) is 31.2 Å². The number of amides is 1. The number of hydrogen-bond donors (Lipinski definition) is 1. The molecule has 9 heteroatoms. The van der Waals surface area contributed by atoms with Gasteiger partial charge in [0.15, 0.2) is 0 Å². The van der Waals surface area contributed by atoms with Crippen molar-refractivity contribution in [2.24, 2.45) is 5.92 Å². The van der Waals surface area contributed by atoms with Crippen LogP contribution in [0.1, 0.15) is 36.7 Å². The fourth-order valence-electron chi connectivity index (χ4n) is 2.93. The van der Waals surface area contributed by atoms with Crippen molar-refractivity contribution in [3.63, 3.8) is 0 Å². The molecule has 1 N–H and O–H groups in total. The van der Waals surface area contributed by atoms with E-state index in [2.05, 4.69) is 29.5 Å². The number of carbonyl (C=O) groups excluding carboxylic acids is 2. The molecule has 0 atom stereocenters. The van der Waals surface area contributed by atoms with Crippen molar-refractivity contribution >= 4 is 39.1 Å². The van der Waals surface area contributed by atoms with Gasteiger partial charge in [-0.15, -0.1) is 16.4 Å². The van der Waals surface area contributed by atoms with Crippen LogP contribution in [0.4, 0.5) is 5.00 Å². The lowest BCUT2D eigenvalue weighted by molar-refractivity contribution is -0.117. The second-order valence-corrected chi connectivity index (χ2v) is 7.78. The van der Waals surface area contributed by atoms with Crippen LogP contribution in [0.25, 0.3) is 10.9 Å². The number of benzene rings is 1. The van der Waals surface area contributed by atoms with Crippen LogP contribution in [0, 0.1) is 5.92 Å². The SMILES string of the molecule is CCOC(=O)c1c(CC(C)C)csc1NC(=O)Cn1nnc2ccccc2c1=O. The largest absolute Gasteiger partial charge is 0.462 e. The maximum atomic E-state index is 12.6. The van der Waals surface area contributed by atoms with Crippen LogP contribution in [0.2, 0.25) is 0 Å². The number of carbonyl (C=O) groups is 2. The lowest BCUT2D eigenvalue weighted by Gasteiger charge is -2.10. The summed E-state index contributed by atoms with van der Waals surface area (Å²) in [5.41, 5.74) is 1.27. The first-order chi connectivity index (χ1) is 13.9. The predicted octanol–water partition coefficient (Wildman–Crippen LogP) is 2.87. The molecule has 0 aliphatic carbocycles. The lowest BCUT2D eigenvalue weighted by Crippen LogP contribution is -2.30. The molecular formula is C20H22N4O4S. The number of ether oxygens (including phenoxy) is 1. The topological polar surface area (TPSA) is 103 Å². The zero-order valence-electron chi connectivity index (χ0n) is 16.5. The number of thiophene rings is 1. The molecule has 0 unspecified atom stereocenters. The van der Waals surface area contributed by atoms with Crippen molar-refractivity contribution in [2.45, 2.75) is 33.7 Å². The van der Waals surface area contributed by atoms with Gasteiger partial charge in [-0.05, 0) is 42.3 Å². The van der Waals surface area contributed by atoms with E-state index in [-0.39, 0.29) is 13.2 Å². The van der Waals surface area contributed by atoms with Crippen LogP contribution >= 0.6 is 11.3 Å². The van der Waals surface area contributed by atoms with Gasteiger partial charge in [-0.25, -0.2) is 9.48 Å². The van der Waals surface area contributed by atoms with Gasteiger partial charge in [0.05, 0.1) is 17.6 Å². The molecule has 1 aromatic carbocycles. The number of nitrogens with one attached hydrogen (secondary N) is 1. The highest BCUT2D eigenvalue weighted by Gasteiger charge is 2.22. The molecule has 0 aliphatic rings. The van der Waals surface area contributed by atoms with E-state index in [0.29, 0.717) is 33.8 Å². The predicted molar refractivity (Wildman–Crippen MR) is 111 cm³/mol. The second-order valence-electron chi connectivity index (χ2n) is 6.90. The number of rotatable bonds is 7. The zero-order valence-corrected chi connectivity index (χ0v) is 17.3. The van der Waals surface area contributed by atoms with Crippen molar-refractivity contribution in [1.29, 1.82) is 0 Å². The fraction of sp³-hybridized carbons (Fsp3) is 0.350. The summed E-state index contributed by atoms with van der Waals surface area (Å²) in [5, 5.41) is 13.2. The molecule has 0 bridgehead atoms. The van der Waals surface area contributed by atoms with Gasteiger partial charge in [0, 0.05) is 0 Å². The highest BCUT2D eigenvalue weighted by atomic mass is 32.1. The van der Waals surface area contributed by atoms with Gasteiger partial charge in [-0.1, -0.05) is 31.2 Å². The Morgan fingerprint density at radius 1 is 1.28 bits per heavy atom. The van der Waals surface area contributed by atoms with Gasteiger partial charge >= 0.3 is 5.97 Å².